The van der Waals surface area contributed by atoms with Crippen molar-refractivity contribution < 1.29 is 8.83 Å². The van der Waals surface area contributed by atoms with E-state index in [0.29, 0.717) is 5.89 Å². The molecule has 0 N–H and O–H groups in total. The van der Waals surface area contributed by atoms with Gasteiger partial charge in [-0.3, -0.25) is 0 Å². The first-order chi connectivity index (χ1) is 24.3. The van der Waals surface area contributed by atoms with Crippen LogP contribution >= 0.6 is 0 Å². The van der Waals surface area contributed by atoms with Crippen LogP contribution in [0.4, 0.5) is 17.1 Å². The Balaban J connectivity index is 1.11. The standard InChI is InChI=1S/C45H28N2O2/c1-2-16-33(17-3-1)47(34-18-8-15-32(25-34)37-20-9-14-29-11-6-7-19-36(29)37)35-23-24-38-42(28-35)48-41-22-10-21-39(44(38)41)45-46-40-26-30-12-4-5-13-31(30)27-43(40)49-45/h1-28H. The van der Waals surface area contributed by atoms with Crippen molar-refractivity contribution in [1.29, 1.82) is 0 Å². The van der Waals surface area contributed by atoms with E-state index in [-0.39, 0.29) is 0 Å². The van der Waals surface area contributed by atoms with E-state index in [1.807, 2.05) is 30.3 Å². The minimum absolute atomic E-state index is 0.582. The van der Waals surface area contributed by atoms with Crippen LogP contribution in [0.1, 0.15) is 0 Å². The Morgan fingerprint density at radius 3 is 2.00 bits per heavy atom. The van der Waals surface area contributed by atoms with Gasteiger partial charge < -0.3 is 13.7 Å². The molecule has 0 saturated heterocycles. The quantitative estimate of drug-likeness (QED) is 0.190. The molecule has 2 heterocycles. The molecular weight excluding hydrogens is 601 g/mol. The normalized spacial score (nSPS) is 11.7. The summed E-state index contributed by atoms with van der Waals surface area (Å²) >= 11 is 0. The van der Waals surface area contributed by atoms with Gasteiger partial charge in [-0.25, -0.2) is 4.98 Å². The van der Waals surface area contributed by atoms with Gasteiger partial charge in [0.25, 0.3) is 0 Å². The summed E-state index contributed by atoms with van der Waals surface area (Å²) in [5.74, 6) is 0.582. The lowest BCUT2D eigenvalue weighted by molar-refractivity contribution is 0.620. The van der Waals surface area contributed by atoms with Crippen LogP contribution in [-0.2, 0) is 0 Å². The highest BCUT2D eigenvalue weighted by molar-refractivity contribution is 6.13. The summed E-state index contributed by atoms with van der Waals surface area (Å²) in [5, 5.41) is 6.73. The summed E-state index contributed by atoms with van der Waals surface area (Å²) in [6.45, 7) is 0. The third-order valence-corrected chi connectivity index (χ3v) is 9.44. The number of fused-ring (bicyclic) bond motifs is 6. The first-order valence-electron chi connectivity index (χ1n) is 16.5. The maximum absolute atomic E-state index is 6.56. The van der Waals surface area contributed by atoms with Crippen LogP contribution in [0.15, 0.2) is 179 Å². The monoisotopic (exact) mass is 628 g/mol. The van der Waals surface area contributed by atoms with E-state index in [4.69, 9.17) is 13.8 Å². The molecule has 0 aliphatic carbocycles. The number of hydrogen-bond acceptors (Lipinski definition) is 4. The molecule has 0 unspecified atom stereocenters. The number of benzene rings is 8. The summed E-state index contributed by atoms with van der Waals surface area (Å²) in [5.41, 5.74) is 9.61. The molecule has 0 spiro atoms. The molecule has 0 amide bonds. The Labute approximate surface area is 282 Å². The molecule has 4 heteroatoms. The number of rotatable bonds is 5. The van der Waals surface area contributed by atoms with E-state index < -0.39 is 0 Å². The summed E-state index contributed by atoms with van der Waals surface area (Å²) in [7, 11) is 0. The fourth-order valence-electron chi connectivity index (χ4n) is 7.17. The third-order valence-electron chi connectivity index (χ3n) is 9.44. The molecule has 10 aromatic rings. The fraction of sp³-hybridized carbons (Fsp3) is 0. The second-order valence-electron chi connectivity index (χ2n) is 12.4. The molecule has 230 valence electrons. The van der Waals surface area contributed by atoms with Gasteiger partial charge in [-0.15, -0.1) is 0 Å². The zero-order chi connectivity index (χ0) is 32.3. The number of oxazole rings is 1. The average molecular weight is 629 g/mol. The Kier molecular flexibility index (Phi) is 6.15. The zero-order valence-electron chi connectivity index (χ0n) is 26.4. The van der Waals surface area contributed by atoms with Crippen LogP contribution < -0.4 is 4.90 Å². The van der Waals surface area contributed by atoms with E-state index >= 15 is 0 Å². The first kappa shape index (κ1) is 27.5. The Morgan fingerprint density at radius 2 is 1.10 bits per heavy atom. The second-order valence-corrected chi connectivity index (χ2v) is 12.4. The topological polar surface area (TPSA) is 42.4 Å². The number of para-hydroxylation sites is 1. The number of aromatic nitrogens is 1. The molecule has 4 nitrogen and oxygen atoms in total. The molecule has 0 bridgehead atoms. The molecule has 49 heavy (non-hydrogen) atoms. The maximum Gasteiger partial charge on any atom is 0.228 e. The van der Waals surface area contributed by atoms with Gasteiger partial charge in [-0.2, -0.15) is 0 Å². The van der Waals surface area contributed by atoms with Crippen molar-refractivity contribution in [3.8, 4) is 22.6 Å². The predicted octanol–water partition coefficient (Wildman–Crippen LogP) is 12.8. The first-order valence-corrected chi connectivity index (χ1v) is 16.5. The van der Waals surface area contributed by atoms with Gasteiger partial charge in [0.15, 0.2) is 5.58 Å². The molecule has 0 aliphatic heterocycles. The lowest BCUT2D eigenvalue weighted by Crippen LogP contribution is -2.09. The smallest absolute Gasteiger partial charge is 0.228 e. The van der Waals surface area contributed by atoms with Crippen LogP contribution in [0, 0.1) is 0 Å². The van der Waals surface area contributed by atoms with Gasteiger partial charge >= 0.3 is 0 Å². The van der Waals surface area contributed by atoms with Crippen LogP contribution in [0.3, 0.4) is 0 Å². The number of anilines is 3. The largest absolute Gasteiger partial charge is 0.456 e. The fourth-order valence-corrected chi connectivity index (χ4v) is 7.17. The zero-order valence-corrected chi connectivity index (χ0v) is 26.4. The van der Waals surface area contributed by atoms with Crippen molar-refractivity contribution >= 4 is 71.6 Å². The summed E-state index contributed by atoms with van der Waals surface area (Å²) in [4.78, 5) is 7.22. The second kappa shape index (κ2) is 11.0. The number of nitrogens with zero attached hydrogens (tertiary/aromatic N) is 2. The molecule has 8 aromatic carbocycles. The molecule has 0 fully saturated rings. The van der Waals surface area contributed by atoms with E-state index in [1.165, 1.54) is 16.3 Å². The van der Waals surface area contributed by atoms with Gasteiger partial charge in [0.05, 0.1) is 0 Å². The van der Waals surface area contributed by atoms with Crippen LogP contribution in [-0.4, -0.2) is 4.98 Å². The van der Waals surface area contributed by atoms with E-state index in [2.05, 4.69) is 144 Å². The van der Waals surface area contributed by atoms with E-state index in [9.17, 15) is 0 Å². The van der Waals surface area contributed by atoms with E-state index in [1.54, 1.807) is 0 Å². The molecule has 0 atom stereocenters. The maximum atomic E-state index is 6.56. The van der Waals surface area contributed by atoms with Crippen LogP contribution in [0.25, 0.3) is 77.2 Å². The molecular formula is C45H28N2O2. The highest BCUT2D eigenvalue weighted by Crippen LogP contribution is 2.42. The van der Waals surface area contributed by atoms with Crippen molar-refractivity contribution in [2.75, 3.05) is 4.90 Å². The number of hydrogen-bond donors (Lipinski definition) is 0. The van der Waals surface area contributed by atoms with Gasteiger partial charge in [0, 0.05) is 39.5 Å². The third kappa shape index (κ3) is 4.57. The van der Waals surface area contributed by atoms with Crippen LogP contribution in [0.2, 0.25) is 0 Å². The summed E-state index contributed by atoms with van der Waals surface area (Å²) in [6, 6.07) is 59.3. The number of furan rings is 1. The van der Waals surface area contributed by atoms with Gasteiger partial charge in [0.2, 0.25) is 5.89 Å². The minimum atomic E-state index is 0.582. The Morgan fingerprint density at radius 1 is 0.408 bits per heavy atom. The van der Waals surface area contributed by atoms with Crippen molar-refractivity contribution in [2.24, 2.45) is 0 Å². The molecule has 0 saturated carbocycles. The lowest BCUT2D eigenvalue weighted by Gasteiger charge is -2.26. The molecule has 10 rings (SSSR count). The van der Waals surface area contributed by atoms with Gasteiger partial charge in [-0.05, 0) is 93.3 Å². The van der Waals surface area contributed by atoms with Gasteiger partial charge in [0.1, 0.15) is 16.7 Å². The Bertz CT molecular complexity index is 2790. The van der Waals surface area contributed by atoms with Crippen molar-refractivity contribution in [3.05, 3.63) is 170 Å². The average Bonchev–Trinajstić information content (AvgIpc) is 3.75. The van der Waals surface area contributed by atoms with Crippen molar-refractivity contribution in [1.82, 2.24) is 4.98 Å². The predicted molar refractivity (Wildman–Crippen MR) is 202 cm³/mol. The molecule has 0 radical (unpaired) electrons. The molecule has 0 aliphatic rings. The van der Waals surface area contributed by atoms with Crippen molar-refractivity contribution in [2.45, 2.75) is 0 Å². The summed E-state index contributed by atoms with van der Waals surface area (Å²) < 4.78 is 12.9. The Hall–Kier alpha value is -6.65. The lowest BCUT2D eigenvalue weighted by atomic mass is 9.97. The molecule has 2 aromatic heterocycles. The minimum Gasteiger partial charge on any atom is -0.456 e. The highest BCUT2D eigenvalue weighted by atomic mass is 16.3. The van der Waals surface area contributed by atoms with E-state index in [0.717, 1.165) is 72.0 Å². The van der Waals surface area contributed by atoms with Crippen molar-refractivity contribution in [3.63, 3.8) is 0 Å². The summed E-state index contributed by atoms with van der Waals surface area (Å²) in [6.07, 6.45) is 0. The SMILES string of the molecule is c1ccc(N(c2cccc(-c3cccc4ccccc34)c2)c2ccc3c(c2)oc2cccc(-c4nc5cc6ccccc6cc5o4)c23)cc1. The van der Waals surface area contributed by atoms with Gasteiger partial charge in [-0.1, -0.05) is 103 Å². The highest BCUT2D eigenvalue weighted by Gasteiger charge is 2.20. The van der Waals surface area contributed by atoms with Crippen LogP contribution in [0.5, 0.6) is 0 Å².